The van der Waals surface area contributed by atoms with Crippen molar-refractivity contribution in [2.24, 2.45) is 0 Å². The zero-order valence-corrected chi connectivity index (χ0v) is 39.7. The Morgan fingerprint density at radius 2 is 0.750 bits per heavy atom. The smallest absolute Gasteiger partial charge is 0.306 e. The zero-order chi connectivity index (χ0) is 43.5. The van der Waals surface area contributed by atoms with Crippen LogP contribution in [0.1, 0.15) is 239 Å². The Labute approximate surface area is 372 Å². The van der Waals surface area contributed by atoms with E-state index in [1.54, 1.807) is 0 Å². The molecule has 0 aromatic heterocycles. The summed E-state index contributed by atoms with van der Waals surface area (Å²) in [5, 5.41) is 0. The lowest BCUT2D eigenvalue weighted by Gasteiger charge is -2.18. The van der Waals surface area contributed by atoms with E-state index in [9.17, 15) is 9.59 Å². The standard InChI is InChI=1S/C55H96O5/c1-4-7-10-13-16-19-21-23-25-27-29-31-33-35-38-41-44-47-50-58-51-53(60-55(57)49-46-43-40-36-18-15-12-9-6-3)52-59-54(56)48-45-42-39-37-34-32-30-28-26-24-22-20-17-14-11-8-5-2/h7-8,10-11,16-17,19-20,23-26,53H,4-6,9,12-15,18,21-22,27-52H2,1-3H3/b10-7-,11-8-,19-16-,20-17-,25-23-,26-24-. The van der Waals surface area contributed by atoms with Crippen LogP contribution in [0.2, 0.25) is 0 Å². The summed E-state index contributed by atoms with van der Waals surface area (Å²) in [6.45, 7) is 7.58. The van der Waals surface area contributed by atoms with Crippen LogP contribution < -0.4 is 0 Å². The maximum atomic E-state index is 12.7. The molecule has 0 saturated carbocycles. The Bertz CT molecular complexity index is 1080. The van der Waals surface area contributed by atoms with Gasteiger partial charge in [0.1, 0.15) is 6.61 Å². The predicted octanol–water partition coefficient (Wildman–Crippen LogP) is 17.1. The van der Waals surface area contributed by atoms with Crippen LogP contribution >= 0.6 is 0 Å². The molecule has 0 spiro atoms. The van der Waals surface area contributed by atoms with Crippen molar-refractivity contribution in [2.75, 3.05) is 19.8 Å². The summed E-state index contributed by atoms with van der Waals surface area (Å²) in [6, 6.07) is 0. The van der Waals surface area contributed by atoms with Crippen molar-refractivity contribution in [1.82, 2.24) is 0 Å². The first kappa shape index (κ1) is 57.3. The maximum absolute atomic E-state index is 12.7. The minimum absolute atomic E-state index is 0.0765. The number of carbonyl (C=O) groups is 2. The lowest BCUT2D eigenvalue weighted by Crippen LogP contribution is -2.30. The summed E-state index contributed by atoms with van der Waals surface area (Å²) in [7, 11) is 0. The minimum atomic E-state index is -0.543. The number of carbonyl (C=O) groups excluding carboxylic acids is 2. The SMILES string of the molecule is CC/C=C\C/C=C\C/C=C\CCCCCCCCCCOCC(COC(=O)CCCCCCCCC/C=C\C/C=C\C/C=C\CC)OC(=O)CCCCCCCCCCC. The van der Waals surface area contributed by atoms with Crippen LogP contribution in [0.3, 0.4) is 0 Å². The molecule has 5 nitrogen and oxygen atoms in total. The quantitative estimate of drug-likeness (QED) is 0.0347. The average Bonchev–Trinajstić information content (AvgIpc) is 3.25. The van der Waals surface area contributed by atoms with Gasteiger partial charge in [-0.25, -0.2) is 0 Å². The molecule has 60 heavy (non-hydrogen) atoms. The second kappa shape index (κ2) is 50.7. The van der Waals surface area contributed by atoms with Gasteiger partial charge in [0, 0.05) is 19.4 Å². The highest BCUT2D eigenvalue weighted by Crippen LogP contribution is 2.14. The molecule has 0 heterocycles. The molecule has 0 fully saturated rings. The lowest BCUT2D eigenvalue weighted by molar-refractivity contribution is -0.163. The van der Waals surface area contributed by atoms with Gasteiger partial charge in [-0.1, -0.05) is 216 Å². The van der Waals surface area contributed by atoms with Crippen LogP contribution in [-0.4, -0.2) is 37.9 Å². The summed E-state index contributed by atoms with van der Waals surface area (Å²) in [5.74, 6) is -0.412. The summed E-state index contributed by atoms with van der Waals surface area (Å²) in [6.07, 6.45) is 64.8. The fourth-order valence-electron chi connectivity index (χ4n) is 7.01. The maximum Gasteiger partial charge on any atom is 0.306 e. The van der Waals surface area contributed by atoms with Crippen molar-refractivity contribution < 1.29 is 23.8 Å². The van der Waals surface area contributed by atoms with Crippen LogP contribution in [0.4, 0.5) is 0 Å². The van der Waals surface area contributed by atoms with E-state index in [0.717, 1.165) is 89.9 Å². The number of hydrogen-bond acceptors (Lipinski definition) is 5. The molecule has 0 bridgehead atoms. The topological polar surface area (TPSA) is 61.8 Å². The van der Waals surface area contributed by atoms with Crippen molar-refractivity contribution >= 4 is 11.9 Å². The highest BCUT2D eigenvalue weighted by molar-refractivity contribution is 5.70. The van der Waals surface area contributed by atoms with Gasteiger partial charge in [-0.2, -0.15) is 0 Å². The van der Waals surface area contributed by atoms with E-state index in [1.165, 1.54) is 116 Å². The third kappa shape index (κ3) is 48.0. The first-order valence-electron chi connectivity index (χ1n) is 25.5. The first-order chi connectivity index (χ1) is 29.6. The molecule has 0 aromatic carbocycles. The number of hydrogen-bond donors (Lipinski definition) is 0. The Kier molecular flexibility index (Phi) is 48.4. The summed E-state index contributed by atoms with van der Waals surface area (Å²) in [5.41, 5.74) is 0. The summed E-state index contributed by atoms with van der Waals surface area (Å²) < 4.78 is 17.4. The van der Waals surface area contributed by atoms with Gasteiger partial charge in [0.15, 0.2) is 6.10 Å². The number of ether oxygens (including phenoxy) is 3. The summed E-state index contributed by atoms with van der Waals surface area (Å²) in [4.78, 5) is 25.3. The largest absolute Gasteiger partial charge is 0.462 e. The van der Waals surface area contributed by atoms with E-state index in [4.69, 9.17) is 14.2 Å². The Balaban J connectivity index is 4.20. The van der Waals surface area contributed by atoms with Gasteiger partial charge >= 0.3 is 11.9 Å². The fraction of sp³-hybridized carbons (Fsp3) is 0.745. The van der Waals surface area contributed by atoms with Crippen LogP contribution in [0.5, 0.6) is 0 Å². The normalized spacial score (nSPS) is 12.8. The molecule has 0 amide bonds. The molecular formula is C55H96O5. The lowest BCUT2D eigenvalue weighted by atomic mass is 10.1. The molecule has 0 radical (unpaired) electrons. The van der Waals surface area contributed by atoms with Gasteiger partial charge < -0.3 is 14.2 Å². The minimum Gasteiger partial charge on any atom is -0.462 e. The molecule has 0 N–H and O–H groups in total. The second-order valence-electron chi connectivity index (χ2n) is 16.7. The molecule has 0 saturated heterocycles. The Morgan fingerprint density at radius 3 is 1.20 bits per heavy atom. The third-order valence-corrected chi connectivity index (χ3v) is 10.7. The average molecular weight is 837 g/mol. The van der Waals surface area contributed by atoms with Gasteiger partial charge in [0.2, 0.25) is 0 Å². The van der Waals surface area contributed by atoms with Gasteiger partial charge in [-0.3, -0.25) is 9.59 Å². The molecule has 0 aliphatic rings. The van der Waals surface area contributed by atoms with Crippen LogP contribution in [0.25, 0.3) is 0 Å². The van der Waals surface area contributed by atoms with Crippen LogP contribution in [-0.2, 0) is 23.8 Å². The van der Waals surface area contributed by atoms with E-state index in [2.05, 4.69) is 93.7 Å². The third-order valence-electron chi connectivity index (χ3n) is 10.7. The van der Waals surface area contributed by atoms with E-state index in [1.807, 2.05) is 0 Å². The van der Waals surface area contributed by atoms with Crippen molar-refractivity contribution in [3.8, 4) is 0 Å². The van der Waals surface area contributed by atoms with Gasteiger partial charge in [0.25, 0.3) is 0 Å². The summed E-state index contributed by atoms with van der Waals surface area (Å²) >= 11 is 0. The molecule has 1 unspecified atom stereocenters. The van der Waals surface area contributed by atoms with E-state index >= 15 is 0 Å². The molecule has 5 heteroatoms. The molecule has 0 aliphatic carbocycles. The van der Waals surface area contributed by atoms with Gasteiger partial charge in [0.05, 0.1) is 6.61 Å². The van der Waals surface area contributed by atoms with Gasteiger partial charge in [-0.05, 0) is 83.5 Å². The molecule has 0 rings (SSSR count). The number of unbranched alkanes of at least 4 members (excludes halogenated alkanes) is 23. The second-order valence-corrected chi connectivity index (χ2v) is 16.7. The zero-order valence-electron chi connectivity index (χ0n) is 39.7. The van der Waals surface area contributed by atoms with E-state index < -0.39 is 6.10 Å². The van der Waals surface area contributed by atoms with Crippen molar-refractivity contribution in [3.05, 3.63) is 72.9 Å². The van der Waals surface area contributed by atoms with Crippen LogP contribution in [0.15, 0.2) is 72.9 Å². The molecular weight excluding hydrogens is 741 g/mol. The predicted molar refractivity (Wildman–Crippen MR) is 260 cm³/mol. The molecule has 0 aromatic rings. The highest BCUT2D eigenvalue weighted by atomic mass is 16.6. The highest BCUT2D eigenvalue weighted by Gasteiger charge is 2.17. The monoisotopic (exact) mass is 837 g/mol. The number of allylic oxidation sites excluding steroid dienone is 12. The van der Waals surface area contributed by atoms with Crippen molar-refractivity contribution in [2.45, 2.75) is 245 Å². The number of esters is 2. The van der Waals surface area contributed by atoms with Crippen molar-refractivity contribution in [1.29, 1.82) is 0 Å². The molecule has 0 aliphatic heterocycles. The van der Waals surface area contributed by atoms with Gasteiger partial charge in [-0.15, -0.1) is 0 Å². The van der Waals surface area contributed by atoms with Crippen LogP contribution in [0, 0.1) is 0 Å². The van der Waals surface area contributed by atoms with E-state index in [-0.39, 0.29) is 25.2 Å². The molecule has 346 valence electrons. The van der Waals surface area contributed by atoms with Crippen molar-refractivity contribution in [3.63, 3.8) is 0 Å². The molecule has 1 atom stereocenters. The number of rotatable bonds is 46. The first-order valence-corrected chi connectivity index (χ1v) is 25.5. The Morgan fingerprint density at radius 1 is 0.383 bits per heavy atom. The fourth-order valence-corrected chi connectivity index (χ4v) is 7.01. The Hall–Kier alpha value is -2.66. The van der Waals surface area contributed by atoms with E-state index in [0.29, 0.717) is 19.4 Å².